The highest BCUT2D eigenvalue weighted by atomic mass is 32.2. The zero-order chi connectivity index (χ0) is 10.8. The van der Waals surface area contributed by atoms with Gasteiger partial charge in [0.15, 0.2) is 0 Å². The van der Waals surface area contributed by atoms with Crippen molar-refractivity contribution in [2.24, 2.45) is 5.10 Å². The lowest BCUT2D eigenvalue weighted by Gasteiger charge is -2.21. The van der Waals surface area contributed by atoms with Crippen molar-refractivity contribution >= 4 is 23.3 Å². The fourth-order valence-electron chi connectivity index (χ4n) is 1.03. The first-order chi connectivity index (χ1) is 6.47. The number of nitrogens with zero attached hydrogens (tertiary/aromatic N) is 2. The van der Waals surface area contributed by atoms with Gasteiger partial charge in [-0.05, 0) is 12.4 Å². The van der Waals surface area contributed by atoms with Gasteiger partial charge in [-0.25, -0.2) is 12.7 Å². The smallest absolute Gasteiger partial charge is 0.479 e. The number of aliphatic hydroxyl groups is 1. The van der Waals surface area contributed by atoms with Gasteiger partial charge in [0.25, 0.3) is 0 Å². The predicted molar refractivity (Wildman–Crippen MR) is 53.1 cm³/mol. The van der Waals surface area contributed by atoms with Crippen molar-refractivity contribution < 1.29 is 18.5 Å². The molecule has 8 heteroatoms. The lowest BCUT2D eigenvalue weighted by molar-refractivity contribution is 0.428. The fourth-order valence-corrected chi connectivity index (χ4v) is 2.32. The summed E-state index contributed by atoms with van der Waals surface area (Å²) in [7, 11) is -5.00. The molecule has 6 nitrogen and oxygen atoms in total. The first kappa shape index (κ1) is 11.1. The number of rotatable bonds is 3. The van der Waals surface area contributed by atoms with Gasteiger partial charge in [-0.15, -0.1) is 0 Å². The standard InChI is InChI=1S/C6H11BN2O4S/c1-2-3-14(12,13)9-7(11)4-6(10)5-8-9/h4-5,10-11H,2-3H2,1H3. The summed E-state index contributed by atoms with van der Waals surface area (Å²) in [5.74, 6) is 0.663. The summed E-state index contributed by atoms with van der Waals surface area (Å²) in [4.78, 5) is 0. The van der Waals surface area contributed by atoms with Crippen LogP contribution in [-0.2, 0) is 10.0 Å². The highest BCUT2D eigenvalue weighted by Crippen LogP contribution is 2.10. The third kappa shape index (κ3) is 2.27. The van der Waals surface area contributed by atoms with Crippen molar-refractivity contribution in [2.75, 3.05) is 5.75 Å². The van der Waals surface area contributed by atoms with Gasteiger partial charge in [0, 0.05) is 0 Å². The largest absolute Gasteiger partial charge is 0.507 e. The second-order valence-electron chi connectivity index (χ2n) is 2.84. The average Bonchev–Trinajstić information content (AvgIpc) is 2.02. The lowest BCUT2D eigenvalue weighted by Crippen LogP contribution is -2.42. The summed E-state index contributed by atoms with van der Waals surface area (Å²) in [6, 6.07) is 0. The van der Waals surface area contributed by atoms with E-state index < -0.39 is 17.1 Å². The molecule has 1 heterocycles. The first-order valence-corrected chi connectivity index (χ1v) is 5.73. The summed E-state index contributed by atoms with van der Waals surface area (Å²) in [5, 5.41) is 21.7. The number of allylic oxidation sites excluding steroid dienone is 1. The average molecular weight is 218 g/mol. The van der Waals surface area contributed by atoms with E-state index in [2.05, 4.69) is 5.10 Å². The van der Waals surface area contributed by atoms with Gasteiger partial charge in [0.1, 0.15) is 5.76 Å². The first-order valence-electron chi connectivity index (χ1n) is 4.12. The van der Waals surface area contributed by atoms with Crippen molar-refractivity contribution in [2.45, 2.75) is 13.3 Å². The Kier molecular flexibility index (Phi) is 3.17. The number of sulfonamides is 1. The summed E-state index contributed by atoms with van der Waals surface area (Å²) >= 11 is 0. The molecule has 0 aromatic rings. The number of hydrogen-bond donors (Lipinski definition) is 2. The highest BCUT2D eigenvalue weighted by molar-refractivity contribution is 7.90. The maximum Gasteiger partial charge on any atom is 0.479 e. The van der Waals surface area contributed by atoms with Gasteiger partial charge >= 0.3 is 7.05 Å². The van der Waals surface area contributed by atoms with Crippen LogP contribution in [0.4, 0.5) is 0 Å². The molecule has 14 heavy (non-hydrogen) atoms. The molecule has 0 saturated carbocycles. The van der Waals surface area contributed by atoms with Crippen LogP contribution in [0.2, 0.25) is 0 Å². The Morgan fingerprint density at radius 3 is 2.79 bits per heavy atom. The normalized spacial score (nSPS) is 17.1. The lowest BCUT2D eigenvalue weighted by atomic mass is 9.84. The Balaban J connectivity index is 2.87. The van der Waals surface area contributed by atoms with Gasteiger partial charge < -0.3 is 10.1 Å². The van der Waals surface area contributed by atoms with E-state index in [0.29, 0.717) is 10.7 Å². The molecule has 78 valence electrons. The molecule has 1 rings (SSSR count). The van der Waals surface area contributed by atoms with Crippen molar-refractivity contribution in [1.82, 2.24) is 4.33 Å². The van der Waals surface area contributed by atoms with Crippen LogP contribution < -0.4 is 0 Å². The van der Waals surface area contributed by atoms with Crippen LogP contribution in [0.15, 0.2) is 16.8 Å². The molecular formula is C6H11BN2O4S. The predicted octanol–water partition coefficient (Wildman–Crippen LogP) is -0.511. The Morgan fingerprint density at radius 2 is 2.29 bits per heavy atom. The second kappa shape index (κ2) is 4.01. The fraction of sp³-hybridized carbons (Fsp3) is 0.500. The van der Waals surface area contributed by atoms with Gasteiger partial charge in [0.2, 0.25) is 10.0 Å². The molecule has 1 aliphatic rings. The second-order valence-corrected chi connectivity index (χ2v) is 4.78. The molecule has 2 N–H and O–H groups in total. The van der Waals surface area contributed by atoms with Crippen molar-refractivity contribution in [3.05, 3.63) is 11.7 Å². The van der Waals surface area contributed by atoms with Crippen LogP contribution in [0.5, 0.6) is 0 Å². The van der Waals surface area contributed by atoms with Crippen LogP contribution in [0.3, 0.4) is 0 Å². The monoisotopic (exact) mass is 218 g/mol. The Hall–Kier alpha value is -1.02. The molecule has 1 aliphatic heterocycles. The molecule has 0 aromatic heterocycles. The maximum absolute atomic E-state index is 11.4. The summed E-state index contributed by atoms with van der Waals surface area (Å²) in [5.41, 5.74) is 0. The van der Waals surface area contributed by atoms with E-state index >= 15 is 0 Å². The van der Waals surface area contributed by atoms with Crippen LogP contribution in [0.1, 0.15) is 13.3 Å². The van der Waals surface area contributed by atoms with E-state index in [1.165, 1.54) is 0 Å². The van der Waals surface area contributed by atoms with E-state index in [0.717, 1.165) is 12.2 Å². The number of hydrogen-bond acceptors (Lipinski definition) is 5. The Morgan fingerprint density at radius 1 is 1.64 bits per heavy atom. The van der Waals surface area contributed by atoms with E-state index in [1.807, 2.05) is 0 Å². The van der Waals surface area contributed by atoms with Gasteiger partial charge in [0.05, 0.1) is 12.0 Å². The van der Waals surface area contributed by atoms with E-state index in [4.69, 9.17) is 5.11 Å². The quantitative estimate of drug-likeness (QED) is 0.624. The van der Waals surface area contributed by atoms with Gasteiger partial charge in [-0.2, -0.15) is 5.10 Å². The van der Waals surface area contributed by atoms with Crippen LogP contribution in [0.25, 0.3) is 0 Å². The number of hydrazone groups is 1. The minimum absolute atomic E-state index is 0.0873. The minimum atomic E-state index is -3.58. The topological polar surface area (TPSA) is 90.2 Å². The van der Waals surface area contributed by atoms with Crippen molar-refractivity contribution in [1.29, 1.82) is 0 Å². The highest BCUT2D eigenvalue weighted by Gasteiger charge is 2.32. The zero-order valence-corrected chi connectivity index (χ0v) is 8.48. The zero-order valence-electron chi connectivity index (χ0n) is 7.66. The molecule has 0 saturated heterocycles. The molecule has 0 radical (unpaired) electrons. The molecule has 0 spiro atoms. The molecule has 0 bridgehead atoms. The summed E-state index contributed by atoms with van der Waals surface area (Å²) < 4.78 is 23.5. The molecular weight excluding hydrogens is 207 g/mol. The van der Waals surface area contributed by atoms with E-state index in [-0.39, 0.29) is 11.5 Å². The molecule has 0 aliphatic carbocycles. The van der Waals surface area contributed by atoms with Crippen molar-refractivity contribution in [3.8, 4) is 0 Å². The maximum atomic E-state index is 11.4. The van der Waals surface area contributed by atoms with Crippen LogP contribution >= 0.6 is 0 Å². The molecule has 0 unspecified atom stereocenters. The summed E-state index contributed by atoms with van der Waals surface area (Å²) in [6.07, 6.45) is 1.41. The van der Waals surface area contributed by atoms with E-state index in [1.54, 1.807) is 6.92 Å². The third-order valence-electron chi connectivity index (χ3n) is 1.60. The van der Waals surface area contributed by atoms with Gasteiger partial charge in [-0.3, -0.25) is 0 Å². The van der Waals surface area contributed by atoms with Crippen LogP contribution in [-0.4, -0.2) is 41.9 Å². The molecule has 0 fully saturated rings. The Bertz CT molecular complexity index is 364. The molecule has 0 atom stereocenters. The minimum Gasteiger partial charge on any atom is -0.507 e. The van der Waals surface area contributed by atoms with Crippen LogP contribution in [0, 0.1) is 0 Å². The molecule has 0 aromatic carbocycles. The van der Waals surface area contributed by atoms with Crippen molar-refractivity contribution in [3.63, 3.8) is 0 Å². The Labute approximate surface area is 82.7 Å². The van der Waals surface area contributed by atoms with Gasteiger partial charge in [-0.1, -0.05) is 6.92 Å². The summed E-state index contributed by atoms with van der Waals surface area (Å²) in [6.45, 7) is 1.71. The van der Waals surface area contributed by atoms with E-state index in [9.17, 15) is 13.4 Å². The number of aliphatic hydroxyl groups excluding tert-OH is 1. The third-order valence-corrected chi connectivity index (χ3v) is 3.40. The molecule has 0 amide bonds. The SMILES string of the molecule is CCCS(=O)(=O)N1N=CC(O)=CB1O.